The zero-order valence-corrected chi connectivity index (χ0v) is 14.8. The molecule has 0 amide bonds. The van der Waals surface area contributed by atoms with Gasteiger partial charge in [-0.1, -0.05) is 12.2 Å². The van der Waals surface area contributed by atoms with E-state index in [1.54, 1.807) is 0 Å². The van der Waals surface area contributed by atoms with E-state index in [9.17, 15) is 0 Å². The molecule has 0 bridgehead atoms. The van der Waals surface area contributed by atoms with Crippen molar-refractivity contribution in [2.45, 2.75) is 45.6 Å². The van der Waals surface area contributed by atoms with Crippen LogP contribution in [0.3, 0.4) is 0 Å². The molecule has 1 aliphatic carbocycles. The van der Waals surface area contributed by atoms with Crippen molar-refractivity contribution in [1.29, 1.82) is 0 Å². The fraction of sp³-hybridized carbons (Fsp3) is 0.700. The van der Waals surface area contributed by atoms with Crippen LogP contribution in [-0.4, -0.2) is 43.0 Å². The van der Waals surface area contributed by atoms with E-state index in [2.05, 4.69) is 41.1 Å². The zero-order valence-electron chi connectivity index (χ0n) is 14.8. The molecule has 1 saturated heterocycles. The first-order valence-corrected chi connectivity index (χ1v) is 9.30. The van der Waals surface area contributed by atoms with E-state index in [4.69, 9.17) is 4.42 Å². The molecule has 128 valence electrons. The summed E-state index contributed by atoms with van der Waals surface area (Å²) < 4.78 is 5.71. The van der Waals surface area contributed by atoms with Gasteiger partial charge in [0, 0.05) is 13.1 Å². The molecule has 2 heterocycles. The second-order valence-electron chi connectivity index (χ2n) is 7.60. The first-order chi connectivity index (χ1) is 11.2. The number of furan rings is 1. The Balaban J connectivity index is 1.36. The van der Waals surface area contributed by atoms with E-state index in [1.807, 2.05) is 6.92 Å². The normalized spacial score (nSPS) is 23.7. The third-order valence-corrected chi connectivity index (χ3v) is 5.40. The Bertz CT molecular complexity index is 499. The van der Waals surface area contributed by atoms with Crippen molar-refractivity contribution in [3.63, 3.8) is 0 Å². The quantitative estimate of drug-likeness (QED) is 0.737. The van der Waals surface area contributed by atoms with Crippen molar-refractivity contribution < 1.29 is 4.42 Å². The van der Waals surface area contributed by atoms with Crippen LogP contribution in [0.4, 0.5) is 0 Å². The van der Waals surface area contributed by atoms with Gasteiger partial charge in [0.05, 0.1) is 6.54 Å². The Labute approximate surface area is 141 Å². The number of hydrogen-bond acceptors (Lipinski definition) is 3. The molecule has 0 aromatic carbocycles. The molecule has 1 aromatic heterocycles. The summed E-state index contributed by atoms with van der Waals surface area (Å²) in [5.74, 6) is 3.89. The summed E-state index contributed by atoms with van der Waals surface area (Å²) in [7, 11) is 2.32. The van der Waals surface area contributed by atoms with Crippen molar-refractivity contribution >= 4 is 0 Å². The summed E-state index contributed by atoms with van der Waals surface area (Å²) in [4.78, 5) is 5.13. The average molecular weight is 316 g/mol. The predicted molar refractivity (Wildman–Crippen MR) is 95.4 cm³/mol. The van der Waals surface area contributed by atoms with E-state index >= 15 is 0 Å². The Morgan fingerprint density at radius 2 is 1.87 bits per heavy atom. The second kappa shape index (κ2) is 8.16. The Hall–Kier alpha value is -1.06. The van der Waals surface area contributed by atoms with Gasteiger partial charge in [-0.25, -0.2) is 0 Å². The van der Waals surface area contributed by atoms with Gasteiger partial charge in [0.25, 0.3) is 0 Å². The Morgan fingerprint density at radius 3 is 2.52 bits per heavy atom. The minimum atomic E-state index is 0.869. The molecule has 0 spiro atoms. The van der Waals surface area contributed by atoms with E-state index < -0.39 is 0 Å². The van der Waals surface area contributed by atoms with Gasteiger partial charge in [-0.15, -0.1) is 0 Å². The molecular formula is C20H32N2O. The van der Waals surface area contributed by atoms with Gasteiger partial charge in [-0.2, -0.15) is 0 Å². The van der Waals surface area contributed by atoms with Gasteiger partial charge >= 0.3 is 0 Å². The number of allylic oxidation sites excluding steroid dienone is 2. The van der Waals surface area contributed by atoms with Gasteiger partial charge in [0.1, 0.15) is 11.5 Å². The molecule has 0 saturated carbocycles. The van der Waals surface area contributed by atoms with Crippen molar-refractivity contribution in [3.05, 3.63) is 35.8 Å². The maximum absolute atomic E-state index is 5.71. The minimum absolute atomic E-state index is 0.869. The summed E-state index contributed by atoms with van der Waals surface area (Å²) in [6, 6.07) is 4.19. The monoisotopic (exact) mass is 316 g/mol. The molecule has 23 heavy (non-hydrogen) atoms. The Morgan fingerprint density at radius 1 is 1.09 bits per heavy atom. The largest absolute Gasteiger partial charge is 0.465 e. The predicted octanol–water partition coefficient (Wildman–Crippen LogP) is 4.09. The number of piperidine rings is 1. The molecule has 2 aliphatic rings. The number of nitrogens with zero attached hydrogens (tertiary/aromatic N) is 2. The summed E-state index contributed by atoms with van der Waals surface area (Å²) in [6.07, 6.45) is 11.3. The molecule has 1 fully saturated rings. The highest BCUT2D eigenvalue weighted by Gasteiger charge is 2.22. The van der Waals surface area contributed by atoms with E-state index in [0.717, 1.165) is 29.9 Å². The molecule has 1 atom stereocenters. The SMILES string of the molecule is Cc1ccc(CN2CCC(CN(C)CC3CC=CCC3)CC2)o1. The van der Waals surface area contributed by atoms with Crippen LogP contribution in [0.2, 0.25) is 0 Å². The molecule has 3 nitrogen and oxygen atoms in total. The molecule has 0 N–H and O–H groups in total. The topological polar surface area (TPSA) is 19.6 Å². The van der Waals surface area contributed by atoms with Gasteiger partial charge < -0.3 is 9.32 Å². The summed E-state index contributed by atoms with van der Waals surface area (Å²) in [5, 5.41) is 0. The van der Waals surface area contributed by atoms with Crippen LogP contribution < -0.4 is 0 Å². The van der Waals surface area contributed by atoms with Crippen LogP contribution in [-0.2, 0) is 6.54 Å². The third kappa shape index (κ3) is 5.22. The van der Waals surface area contributed by atoms with Crippen molar-refractivity contribution in [3.8, 4) is 0 Å². The lowest BCUT2D eigenvalue weighted by Gasteiger charge is -2.34. The van der Waals surface area contributed by atoms with E-state index in [0.29, 0.717) is 0 Å². The summed E-state index contributed by atoms with van der Waals surface area (Å²) in [6.45, 7) is 7.97. The fourth-order valence-corrected chi connectivity index (χ4v) is 4.10. The highest BCUT2D eigenvalue weighted by Crippen LogP contribution is 2.23. The Kier molecular flexibility index (Phi) is 5.96. The van der Waals surface area contributed by atoms with Crippen LogP contribution in [0.15, 0.2) is 28.7 Å². The average Bonchev–Trinajstić information content (AvgIpc) is 2.95. The lowest BCUT2D eigenvalue weighted by molar-refractivity contribution is 0.135. The van der Waals surface area contributed by atoms with Crippen molar-refractivity contribution in [1.82, 2.24) is 9.80 Å². The van der Waals surface area contributed by atoms with Gasteiger partial charge in [-0.05, 0) is 83.1 Å². The first kappa shape index (κ1) is 16.8. The molecule has 1 unspecified atom stereocenters. The van der Waals surface area contributed by atoms with Gasteiger partial charge in [0.2, 0.25) is 0 Å². The maximum Gasteiger partial charge on any atom is 0.118 e. The second-order valence-corrected chi connectivity index (χ2v) is 7.60. The lowest BCUT2D eigenvalue weighted by Crippen LogP contribution is -2.38. The van der Waals surface area contributed by atoms with E-state index in [-0.39, 0.29) is 0 Å². The first-order valence-electron chi connectivity index (χ1n) is 9.30. The van der Waals surface area contributed by atoms with Gasteiger partial charge in [0.15, 0.2) is 0 Å². The smallest absolute Gasteiger partial charge is 0.118 e. The van der Waals surface area contributed by atoms with Crippen LogP contribution in [0.5, 0.6) is 0 Å². The molecule has 3 heteroatoms. The highest BCUT2D eigenvalue weighted by molar-refractivity contribution is 5.05. The maximum atomic E-state index is 5.71. The van der Waals surface area contributed by atoms with Crippen LogP contribution in [0.25, 0.3) is 0 Å². The van der Waals surface area contributed by atoms with Crippen molar-refractivity contribution in [2.75, 3.05) is 33.2 Å². The summed E-state index contributed by atoms with van der Waals surface area (Å²) in [5.41, 5.74) is 0. The highest BCUT2D eigenvalue weighted by atomic mass is 16.3. The third-order valence-electron chi connectivity index (χ3n) is 5.40. The molecule has 1 aliphatic heterocycles. The molecule has 3 rings (SSSR count). The standard InChI is InChI=1S/C20H32N2O/c1-17-8-9-20(23-17)16-22-12-10-19(11-13-22)15-21(2)14-18-6-4-3-5-7-18/h3-4,8-9,18-19H,5-7,10-16H2,1-2H3. The lowest BCUT2D eigenvalue weighted by atomic mass is 9.92. The summed E-state index contributed by atoms with van der Waals surface area (Å²) >= 11 is 0. The minimum Gasteiger partial charge on any atom is -0.465 e. The van der Waals surface area contributed by atoms with E-state index in [1.165, 1.54) is 58.3 Å². The van der Waals surface area contributed by atoms with Crippen LogP contribution >= 0.6 is 0 Å². The number of rotatable bonds is 6. The van der Waals surface area contributed by atoms with Crippen molar-refractivity contribution in [2.24, 2.45) is 11.8 Å². The van der Waals surface area contributed by atoms with Crippen LogP contribution in [0.1, 0.15) is 43.6 Å². The zero-order chi connectivity index (χ0) is 16.1. The number of aryl methyl sites for hydroxylation is 1. The number of likely N-dealkylation sites (tertiary alicyclic amines) is 1. The molecule has 1 aromatic rings. The molecule has 0 radical (unpaired) electrons. The fourth-order valence-electron chi connectivity index (χ4n) is 4.10. The van der Waals surface area contributed by atoms with Crippen LogP contribution in [0, 0.1) is 18.8 Å². The number of hydrogen-bond donors (Lipinski definition) is 0. The van der Waals surface area contributed by atoms with Gasteiger partial charge in [-0.3, -0.25) is 4.90 Å². The molecular weight excluding hydrogens is 284 g/mol.